The van der Waals surface area contributed by atoms with Crippen molar-refractivity contribution in [1.29, 1.82) is 0 Å². The molecule has 1 aromatic rings. The van der Waals surface area contributed by atoms with E-state index < -0.39 is 0 Å². The molecule has 0 aliphatic rings. The van der Waals surface area contributed by atoms with E-state index in [1.165, 1.54) is 0 Å². The first-order chi connectivity index (χ1) is 9.67. The van der Waals surface area contributed by atoms with Gasteiger partial charge >= 0.3 is 0 Å². The number of hydrogen-bond donors (Lipinski definition) is 2. The van der Waals surface area contributed by atoms with Gasteiger partial charge in [0, 0.05) is 12.1 Å². The Balaban J connectivity index is 2.40. The van der Waals surface area contributed by atoms with Gasteiger partial charge in [0.2, 0.25) is 0 Å². The average Bonchev–Trinajstić information content (AvgIpc) is 2.46. The first-order valence-electron chi connectivity index (χ1n) is 7.33. The number of unbranched alkanes of at least 4 members (excludes halogenated alkanes) is 1. The Morgan fingerprint density at radius 2 is 1.95 bits per heavy atom. The maximum Gasteiger partial charge on any atom is 0.251 e. The number of carbonyl (C=O) groups excluding carboxylic acids is 1. The molecule has 2 N–H and O–H groups in total. The molecule has 20 heavy (non-hydrogen) atoms. The van der Waals surface area contributed by atoms with E-state index in [0.717, 1.165) is 31.7 Å². The number of ether oxygens (including phenoxy) is 1. The largest absolute Gasteiger partial charge is 0.494 e. The van der Waals surface area contributed by atoms with E-state index in [9.17, 15) is 4.79 Å². The van der Waals surface area contributed by atoms with Crippen LogP contribution in [-0.4, -0.2) is 32.7 Å². The maximum absolute atomic E-state index is 12.0. The second kappa shape index (κ2) is 9.37. The van der Waals surface area contributed by atoms with Crippen molar-refractivity contribution in [1.82, 2.24) is 10.6 Å². The Kier molecular flexibility index (Phi) is 7.73. The van der Waals surface area contributed by atoms with Gasteiger partial charge in [0.05, 0.1) is 6.61 Å². The van der Waals surface area contributed by atoms with E-state index in [4.69, 9.17) is 4.74 Å². The van der Waals surface area contributed by atoms with Crippen LogP contribution in [0.25, 0.3) is 0 Å². The van der Waals surface area contributed by atoms with E-state index in [1.54, 1.807) is 12.1 Å². The lowest BCUT2D eigenvalue weighted by molar-refractivity contribution is 0.0948. The molecule has 4 nitrogen and oxygen atoms in total. The number of nitrogens with one attached hydrogen (secondary N) is 2. The molecule has 1 rings (SSSR count). The standard InChI is InChI=1S/C16H26N2O2/c1-4-5-10-20-15-8-6-14(7-9-15)16(19)18-12-13(2)11-17-3/h6-9,13,17H,4-5,10-12H2,1-3H3,(H,18,19). The average molecular weight is 278 g/mol. The number of carbonyl (C=O) groups is 1. The zero-order chi connectivity index (χ0) is 14.8. The topological polar surface area (TPSA) is 50.4 Å². The van der Waals surface area contributed by atoms with E-state index in [1.807, 2.05) is 19.2 Å². The third-order valence-corrected chi connectivity index (χ3v) is 3.05. The Bertz CT molecular complexity index is 390. The highest BCUT2D eigenvalue weighted by atomic mass is 16.5. The van der Waals surface area contributed by atoms with Gasteiger partial charge in [-0.2, -0.15) is 0 Å². The minimum absolute atomic E-state index is 0.0342. The van der Waals surface area contributed by atoms with Crippen molar-refractivity contribution in [2.24, 2.45) is 5.92 Å². The van der Waals surface area contributed by atoms with Crippen molar-refractivity contribution >= 4 is 5.91 Å². The van der Waals surface area contributed by atoms with E-state index in [2.05, 4.69) is 24.5 Å². The molecule has 0 aliphatic heterocycles. The minimum Gasteiger partial charge on any atom is -0.494 e. The summed E-state index contributed by atoms with van der Waals surface area (Å²) in [7, 11) is 1.91. The molecule has 0 radical (unpaired) electrons. The van der Waals surface area contributed by atoms with Gasteiger partial charge < -0.3 is 15.4 Å². The molecule has 1 atom stereocenters. The van der Waals surface area contributed by atoms with E-state index >= 15 is 0 Å². The molecule has 1 aromatic carbocycles. The molecule has 1 unspecified atom stereocenters. The van der Waals surface area contributed by atoms with Crippen LogP contribution in [-0.2, 0) is 0 Å². The van der Waals surface area contributed by atoms with Crippen LogP contribution in [0.15, 0.2) is 24.3 Å². The smallest absolute Gasteiger partial charge is 0.251 e. The molecule has 0 aliphatic carbocycles. The van der Waals surface area contributed by atoms with Crippen molar-refractivity contribution in [2.75, 3.05) is 26.7 Å². The van der Waals surface area contributed by atoms with Crippen LogP contribution in [0, 0.1) is 5.92 Å². The Morgan fingerprint density at radius 1 is 1.25 bits per heavy atom. The lowest BCUT2D eigenvalue weighted by Gasteiger charge is -2.12. The van der Waals surface area contributed by atoms with Crippen LogP contribution < -0.4 is 15.4 Å². The monoisotopic (exact) mass is 278 g/mol. The van der Waals surface area contributed by atoms with Gasteiger partial charge in [-0.1, -0.05) is 20.3 Å². The molecule has 1 amide bonds. The summed E-state index contributed by atoms with van der Waals surface area (Å²) in [5, 5.41) is 6.03. The van der Waals surface area contributed by atoms with Crippen LogP contribution in [0.3, 0.4) is 0 Å². The lowest BCUT2D eigenvalue weighted by atomic mass is 10.1. The third-order valence-electron chi connectivity index (χ3n) is 3.05. The van der Waals surface area contributed by atoms with Gasteiger partial charge in [-0.25, -0.2) is 0 Å². The molecule has 0 saturated heterocycles. The molecule has 112 valence electrons. The maximum atomic E-state index is 12.0. The van der Waals surface area contributed by atoms with Crippen molar-refractivity contribution in [3.05, 3.63) is 29.8 Å². The second-order valence-corrected chi connectivity index (χ2v) is 5.10. The molecule has 0 aromatic heterocycles. The van der Waals surface area contributed by atoms with Crippen LogP contribution in [0.4, 0.5) is 0 Å². The summed E-state index contributed by atoms with van der Waals surface area (Å²) in [4.78, 5) is 12.0. The van der Waals surface area contributed by atoms with Gasteiger partial charge in [-0.15, -0.1) is 0 Å². The Labute approximate surface area is 121 Å². The summed E-state index contributed by atoms with van der Waals surface area (Å²) >= 11 is 0. The van der Waals surface area contributed by atoms with Crippen LogP contribution in [0.2, 0.25) is 0 Å². The normalized spacial score (nSPS) is 11.9. The summed E-state index contributed by atoms with van der Waals surface area (Å²) in [6.45, 7) is 6.52. The van der Waals surface area contributed by atoms with Crippen molar-refractivity contribution < 1.29 is 9.53 Å². The Morgan fingerprint density at radius 3 is 2.55 bits per heavy atom. The zero-order valence-corrected chi connectivity index (χ0v) is 12.7. The van der Waals surface area contributed by atoms with Crippen LogP contribution in [0.5, 0.6) is 5.75 Å². The van der Waals surface area contributed by atoms with Crippen LogP contribution in [0.1, 0.15) is 37.0 Å². The highest BCUT2D eigenvalue weighted by Crippen LogP contribution is 2.12. The first-order valence-corrected chi connectivity index (χ1v) is 7.33. The summed E-state index contributed by atoms with van der Waals surface area (Å²) in [5.41, 5.74) is 0.671. The summed E-state index contributed by atoms with van der Waals surface area (Å²) in [6.07, 6.45) is 2.16. The van der Waals surface area contributed by atoms with E-state index in [0.29, 0.717) is 18.0 Å². The van der Waals surface area contributed by atoms with Gasteiger partial charge in [-0.3, -0.25) is 4.79 Å². The third kappa shape index (κ3) is 6.06. The van der Waals surface area contributed by atoms with Crippen molar-refractivity contribution in [3.8, 4) is 5.75 Å². The first kappa shape index (κ1) is 16.5. The van der Waals surface area contributed by atoms with Gasteiger partial charge in [0.25, 0.3) is 5.91 Å². The molecule has 0 bridgehead atoms. The minimum atomic E-state index is -0.0342. The molecule has 0 fully saturated rings. The lowest BCUT2D eigenvalue weighted by Crippen LogP contribution is -2.32. The van der Waals surface area contributed by atoms with Gasteiger partial charge in [0.1, 0.15) is 5.75 Å². The predicted octanol–water partition coefficient (Wildman–Crippen LogP) is 2.45. The van der Waals surface area contributed by atoms with Crippen LogP contribution >= 0.6 is 0 Å². The molecule has 0 saturated carbocycles. The number of benzene rings is 1. The number of amides is 1. The molecule has 0 spiro atoms. The fourth-order valence-corrected chi connectivity index (χ4v) is 1.83. The quantitative estimate of drug-likeness (QED) is 0.682. The summed E-state index contributed by atoms with van der Waals surface area (Å²) < 4.78 is 5.57. The number of hydrogen-bond acceptors (Lipinski definition) is 3. The van der Waals surface area contributed by atoms with Gasteiger partial charge in [-0.05, 0) is 50.2 Å². The highest BCUT2D eigenvalue weighted by Gasteiger charge is 2.07. The fourth-order valence-electron chi connectivity index (χ4n) is 1.83. The second-order valence-electron chi connectivity index (χ2n) is 5.10. The Hall–Kier alpha value is -1.55. The van der Waals surface area contributed by atoms with Gasteiger partial charge in [0.15, 0.2) is 0 Å². The highest BCUT2D eigenvalue weighted by molar-refractivity contribution is 5.94. The zero-order valence-electron chi connectivity index (χ0n) is 12.7. The van der Waals surface area contributed by atoms with E-state index in [-0.39, 0.29) is 5.91 Å². The molecular formula is C16H26N2O2. The molecular weight excluding hydrogens is 252 g/mol. The predicted molar refractivity (Wildman–Crippen MR) is 82.3 cm³/mol. The van der Waals surface area contributed by atoms with Crippen molar-refractivity contribution in [2.45, 2.75) is 26.7 Å². The fraction of sp³-hybridized carbons (Fsp3) is 0.562. The summed E-state index contributed by atoms with van der Waals surface area (Å²) in [6, 6.07) is 7.31. The van der Waals surface area contributed by atoms with Crippen molar-refractivity contribution in [3.63, 3.8) is 0 Å². The summed E-state index contributed by atoms with van der Waals surface area (Å²) in [5.74, 6) is 1.20. The number of rotatable bonds is 9. The SMILES string of the molecule is CCCCOc1ccc(C(=O)NCC(C)CNC)cc1. The molecule has 4 heteroatoms. The molecule has 0 heterocycles.